The SMILES string of the molecule is COc1nccc(C)c1N1CCC(N2C(=O)N(Cc3ccccc3C(F)(F)F)c3nn(C)cc3[C@@H]2C)CC1. The predicted octanol–water partition coefficient (Wildman–Crippen LogP) is 5.32. The maximum atomic E-state index is 14.0. The van der Waals surface area contributed by atoms with Crippen molar-refractivity contribution >= 4 is 17.5 Å². The number of aryl methyl sites for hydroxylation is 2. The van der Waals surface area contributed by atoms with Crippen LogP contribution in [0.25, 0.3) is 0 Å². The summed E-state index contributed by atoms with van der Waals surface area (Å²) in [6.45, 7) is 5.15. The largest absolute Gasteiger partial charge is 0.480 e. The van der Waals surface area contributed by atoms with Crippen molar-refractivity contribution in [2.24, 2.45) is 7.05 Å². The van der Waals surface area contributed by atoms with E-state index in [-0.39, 0.29) is 30.2 Å². The average molecular weight is 529 g/mol. The number of hydrogen-bond acceptors (Lipinski definition) is 5. The van der Waals surface area contributed by atoms with Gasteiger partial charge in [0.15, 0.2) is 5.82 Å². The minimum absolute atomic E-state index is 0.0356. The summed E-state index contributed by atoms with van der Waals surface area (Å²) < 4.78 is 48.3. The summed E-state index contributed by atoms with van der Waals surface area (Å²) in [5, 5.41) is 4.47. The molecule has 1 atom stereocenters. The lowest BCUT2D eigenvalue weighted by atomic mass is 9.97. The number of ether oxygens (including phenoxy) is 1. The van der Waals surface area contributed by atoms with Crippen molar-refractivity contribution in [2.45, 2.75) is 51.5 Å². The van der Waals surface area contributed by atoms with Crippen LogP contribution >= 0.6 is 0 Å². The molecule has 0 bridgehead atoms. The number of nitrogens with zero attached hydrogens (tertiary/aromatic N) is 6. The standard InChI is InChI=1S/C27H31F3N6O2/c1-17-9-12-31-25(38-4)23(17)34-13-10-20(11-14-34)36-18(2)21-16-33(3)32-24(21)35(26(36)37)15-19-7-5-6-8-22(19)27(28,29)30/h5-9,12,16,18,20H,10-11,13-15H2,1-4H3/t18-/m0/s1. The third kappa shape index (κ3) is 4.54. The maximum absolute atomic E-state index is 14.0. The third-order valence-corrected chi connectivity index (χ3v) is 7.52. The molecule has 0 N–H and O–H groups in total. The Balaban J connectivity index is 1.43. The van der Waals surface area contributed by atoms with Crippen LogP contribution in [0.5, 0.6) is 5.88 Å². The van der Waals surface area contributed by atoms with E-state index in [4.69, 9.17) is 4.74 Å². The number of aromatic nitrogens is 3. The Labute approximate surface area is 219 Å². The van der Waals surface area contributed by atoms with Gasteiger partial charge in [-0.25, -0.2) is 9.78 Å². The molecule has 4 heterocycles. The van der Waals surface area contributed by atoms with Crippen LogP contribution < -0.4 is 14.5 Å². The fraction of sp³-hybridized carbons (Fsp3) is 0.444. The molecule has 5 rings (SSSR count). The Morgan fingerprint density at radius 2 is 1.84 bits per heavy atom. The van der Waals surface area contributed by atoms with Crippen molar-refractivity contribution < 1.29 is 22.7 Å². The molecule has 2 aliphatic rings. The number of benzene rings is 1. The summed E-state index contributed by atoms with van der Waals surface area (Å²) in [6, 6.07) is 6.67. The molecule has 0 spiro atoms. The molecule has 38 heavy (non-hydrogen) atoms. The van der Waals surface area contributed by atoms with Crippen molar-refractivity contribution in [1.82, 2.24) is 19.7 Å². The van der Waals surface area contributed by atoms with Crippen molar-refractivity contribution in [3.05, 3.63) is 65.0 Å². The molecule has 8 nitrogen and oxygen atoms in total. The van der Waals surface area contributed by atoms with Gasteiger partial charge in [-0.3, -0.25) is 9.58 Å². The van der Waals surface area contributed by atoms with Gasteiger partial charge in [0.2, 0.25) is 5.88 Å². The molecule has 1 aromatic carbocycles. The fourth-order valence-corrected chi connectivity index (χ4v) is 5.69. The number of anilines is 2. The van der Waals surface area contributed by atoms with Crippen molar-refractivity contribution in [3.63, 3.8) is 0 Å². The van der Waals surface area contributed by atoms with Gasteiger partial charge in [-0.1, -0.05) is 18.2 Å². The van der Waals surface area contributed by atoms with Crippen molar-refractivity contribution in [1.29, 1.82) is 0 Å². The van der Waals surface area contributed by atoms with Gasteiger partial charge in [-0.05, 0) is 49.9 Å². The number of alkyl halides is 3. The summed E-state index contributed by atoms with van der Waals surface area (Å²) in [5.41, 5.74) is 2.13. The summed E-state index contributed by atoms with van der Waals surface area (Å²) in [7, 11) is 3.35. The monoisotopic (exact) mass is 528 g/mol. The Kier molecular flexibility index (Phi) is 6.70. The van der Waals surface area contributed by atoms with Gasteiger partial charge < -0.3 is 14.5 Å². The lowest BCUT2D eigenvalue weighted by Crippen LogP contribution is -2.55. The molecule has 2 aromatic heterocycles. The highest BCUT2D eigenvalue weighted by Crippen LogP contribution is 2.41. The number of carbonyl (C=O) groups excluding carboxylic acids is 1. The van der Waals surface area contributed by atoms with Crippen molar-refractivity contribution in [3.8, 4) is 5.88 Å². The Morgan fingerprint density at radius 1 is 1.13 bits per heavy atom. The minimum atomic E-state index is -4.52. The summed E-state index contributed by atoms with van der Waals surface area (Å²) in [4.78, 5) is 23.7. The van der Waals surface area contributed by atoms with E-state index < -0.39 is 11.7 Å². The van der Waals surface area contributed by atoms with Gasteiger partial charge in [-0.2, -0.15) is 18.3 Å². The van der Waals surface area contributed by atoms with Crippen molar-refractivity contribution in [2.75, 3.05) is 30.0 Å². The van der Waals surface area contributed by atoms with Crippen LogP contribution in [0.2, 0.25) is 0 Å². The lowest BCUT2D eigenvalue weighted by molar-refractivity contribution is -0.138. The summed E-state index contributed by atoms with van der Waals surface area (Å²) in [6.07, 6.45) is 0.455. The average Bonchev–Trinajstić information content (AvgIpc) is 3.28. The number of rotatable bonds is 5. The summed E-state index contributed by atoms with van der Waals surface area (Å²) in [5.74, 6) is 0.978. The van der Waals surface area contributed by atoms with Crippen LogP contribution in [0.15, 0.2) is 42.7 Å². The second-order valence-electron chi connectivity index (χ2n) is 9.89. The molecule has 11 heteroatoms. The number of fused-ring (bicyclic) bond motifs is 1. The molecule has 1 saturated heterocycles. The number of piperidine rings is 1. The number of urea groups is 1. The van der Waals surface area contributed by atoms with Crippen LogP contribution in [0, 0.1) is 6.92 Å². The molecule has 0 radical (unpaired) electrons. The first-order valence-corrected chi connectivity index (χ1v) is 12.6. The summed E-state index contributed by atoms with van der Waals surface area (Å²) >= 11 is 0. The molecule has 1 fully saturated rings. The van der Waals surface area contributed by atoms with E-state index in [1.807, 2.05) is 31.0 Å². The zero-order valence-corrected chi connectivity index (χ0v) is 21.9. The van der Waals surface area contributed by atoms with E-state index in [2.05, 4.69) is 15.0 Å². The normalized spacial score (nSPS) is 18.7. The second kappa shape index (κ2) is 9.85. The Hall–Kier alpha value is -3.76. The molecule has 0 unspecified atom stereocenters. The highest BCUT2D eigenvalue weighted by atomic mass is 19.4. The van der Waals surface area contributed by atoms with E-state index in [0.717, 1.165) is 22.9 Å². The highest BCUT2D eigenvalue weighted by Gasteiger charge is 2.43. The molecule has 0 aliphatic carbocycles. The molecule has 202 valence electrons. The first-order valence-electron chi connectivity index (χ1n) is 12.6. The number of amides is 2. The Morgan fingerprint density at radius 3 is 2.53 bits per heavy atom. The topological polar surface area (TPSA) is 66.7 Å². The lowest BCUT2D eigenvalue weighted by Gasteiger charge is -2.46. The van der Waals surface area contributed by atoms with Gasteiger partial charge in [0, 0.05) is 44.1 Å². The van der Waals surface area contributed by atoms with Crippen LogP contribution in [-0.2, 0) is 19.8 Å². The van der Waals surface area contributed by atoms with Gasteiger partial charge in [0.1, 0.15) is 5.69 Å². The van der Waals surface area contributed by atoms with E-state index in [1.165, 1.54) is 17.0 Å². The first kappa shape index (κ1) is 25.9. The van der Waals surface area contributed by atoms with Gasteiger partial charge in [-0.15, -0.1) is 0 Å². The van der Waals surface area contributed by atoms with Crippen LogP contribution in [0.3, 0.4) is 0 Å². The van der Waals surface area contributed by atoms with Crippen LogP contribution in [0.1, 0.15) is 48.1 Å². The highest BCUT2D eigenvalue weighted by molar-refractivity contribution is 5.94. The van der Waals surface area contributed by atoms with E-state index in [0.29, 0.717) is 37.6 Å². The van der Waals surface area contributed by atoms with Gasteiger partial charge >= 0.3 is 12.2 Å². The fourth-order valence-electron chi connectivity index (χ4n) is 5.69. The minimum Gasteiger partial charge on any atom is -0.480 e. The number of methoxy groups -OCH3 is 1. The first-order chi connectivity index (χ1) is 18.1. The quantitative estimate of drug-likeness (QED) is 0.448. The van der Waals surface area contributed by atoms with Crippen LogP contribution in [-0.4, -0.2) is 51.9 Å². The van der Waals surface area contributed by atoms with E-state index in [1.54, 1.807) is 31.1 Å². The molecule has 2 aliphatic heterocycles. The van der Waals surface area contributed by atoms with E-state index in [9.17, 15) is 18.0 Å². The smallest absolute Gasteiger partial charge is 0.416 e. The van der Waals surface area contributed by atoms with Gasteiger partial charge in [0.25, 0.3) is 0 Å². The molecular formula is C27H31F3N6O2. The van der Waals surface area contributed by atoms with Crippen LogP contribution in [0.4, 0.5) is 29.5 Å². The number of halogens is 3. The molecular weight excluding hydrogens is 497 g/mol. The van der Waals surface area contributed by atoms with Gasteiger partial charge in [0.05, 0.1) is 25.3 Å². The number of hydrogen-bond donors (Lipinski definition) is 0. The third-order valence-electron chi connectivity index (χ3n) is 7.52. The zero-order chi connectivity index (χ0) is 27.2. The second-order valence-corrected chi connectivity index (χ2v) is 9.89. The van der Waals surface area contributed by atoms with E-state index >= 15 is 0 Å². The molecule has 2 amide bonds. The Bertz CT molecular complexity index is 1330. The zero-order valence-electron chi connectivity index (χ0n) is 21.9. The number of pyridine rings is 1. The predicted molar refractivity (Wildman–Crippen MR) is 137 cm³/mol. The molecule has 0 saturated carbocycles. The number of carbonyl (C=O) groups is 1. The maximum Gasteiger partial charge on any atom is 0.416 e. The molecule has 3 aromatic rings.